The average molecular weight is 419 g/mol. The van der Waals surface area contributed by atoms with Crippen LogP contribution in [0.25, 0.3) is 0 Å². The normalized spacial score (nSPS) is 17.4. The van der Waals surface area contributed by atoms with Gasteiger partial charge in [0.1, 0.15) is 11.4 Å². The number of anilines is 1. The molecule has 156 valence electrons. The van der Waals surface area contributed by atoms with Crippen molar-refractivity contribution >= 4 is 23.2 Å². The number of benzodiazepines with no additional fused rings is 1. The molecule has 2 amide bonds. The summed E-state index contributed by atoms with van der Waals surface area (Å²) in [5, 5.41) is 9.34. The largest absolute Gasteiger partial charge is 0.477 e. The zero-order chi connectivity index (χ0) is 21.4. The molecule has 5 rings (SSSR count). The molecule has 0 radical (unpaired) electrons. The summed E-state index contributed by atoms with van der Waals surface area (Å²) >= 11 is 0. The van der Waals surface area contributed by atoms with Crippen LogP contribution in [0, 0.1) is 5.82 Å². The molecule has 3 aromatic rings. The Balaban J connectivity index is 1.53. The number of hydrogen-bond donors (Lipinski definition) is 2. The topological polar surface area (TPSA) is 97.6 Å². The van der Waals surface area contributed by atoms with Crippen LogP contribution in [0.15, 0.2) is 59.7 Å². The zero-order valence-electron chi connectivity index (χ0n) is 16.3. The molecule has 2 aliphatic rings. The quantitative estimate of drug-likeness (QED) is 0.681. The first-order valence-corrected chi connectivity index (χ1v) is 9.84. The van der Waals surface area contributed by atoms with Gasteiger partial charge in [0.25, 0.3) is 11.8 Å². The third-order valence-electron chi connectivity index (χ3n) is 5.13. The van der Waals surface area contributed by atoms with Gasteiger partial charge in [0.2, 0.25) is 12.0 Å². The van der Waals surface area contributed by atoms with Crippen molar-refractivity contribution < 1.29 is 18.7 Å². The summed E-state index contributed by atoms with van der Waals surface area (Å²) in [6.45, 7) is 1.14. The molecule has 8 nitrogen and oxygen atoms in total. The highest BCUT2D eigenvalue weighted by atomic mass is 19.1. The SMILES string of the molecule is O=C(N[C@H]1N=C(c2ccccc2)c2cccc(F)c2NC1=O)c1cnn2c1OCCC2. The summed E-state index contributed by atoms with van der Waals surface area (Å²) in [4.78, 5) is 30.3. The summed E-state index contributed by atoms with van der Waals surface area (Å²) in [5.41, 5.74) is 1.76. The molecule has 2 N–H and O–H groups in total. The number of ether oxygens (including phenoxy) is 1. The number of amides is 2. The standard InChI is InChI=1S/C22H18FN5O3/c23-16-9-4-8-14-17(13-6-2-1-3-7-13)25-19(21(30)26-18(14)16)27-20(29)15-12-24-28-10-5-11-31-22(15)28/h1-4,6-9,12,19H,5,10-11H2,(H,26,30)(H,27,29)/t19-/m1/s1. The van der Waals surface area contributed by atoms with Gasteiger partial charge >= 0.3 is 0 Å². The van der Waals surface area contributed by atoms with E-state index in [1.54, 1.807) is 16.8 Å². The maximum absolute atomic E-state index is 14.5. The molecule has 0 unspecified atom stereocenters. The van der Waals surface area contributed by atoms with Crippen molar-refractivity contribution in [3.05, 3.63) is 77.2 Å². The van der Waals surface area contributed by atoms with Crippen LogP contribution >= 0.6 is 0 Å². The van der Waals surface area contributed by atoms with Gasteiger partial charge in [-0.2, -0.15) is 5.10 Å². The summed E-state index contributed by atoms with van der Waals surface area (Å²) in [7, 11) is 0. The van der Waals surface area contributed by atoms with Gasteiger partial charge in [-0.1, -0.05) is 42.5 Å². The monoisotopic (exact) mass is 419 g/mol. The number of carbonyl (C=O) groups excluding carboxylic acids is 2. The lowest BCUT2D eigenvalue weighted by Crippen LogP contribution is -2.42. The van der Waals surface area contributed by atoms with Gasteiger partial charge in [0.05, 0.1) is 24.2 Å². The second-order valence-corrected chi connectivity index (χ2v) is 7.16. The van der Waals surface area contributed by atoms with Crippen molar-refractivity contribution in [1.82, 2.24) is 15.1 Å². The van der Waals surface area contributed by atoms with Crippen molar-refractivity contribution in [3.63, 3.8) is 0 Å². The maximum atomic E-state index is 14.5. The average Bonchev–Trinajstić information content (AvgIpc) is 3.17. The van der Waals surface area contributed by atoms with E-state index in [1.807, 2.05) is 30.3 Å². The summed E-state index contributed by atoms with van der Waals surface area (Å²) in [6.07, 6.45) is 0.935. The van der Waals surface area contributed by atoms with Crippen LogP contribution in [0.2, 0.25) is 0 Å². The van der Waals surface area contributed by atoms with Gasteiger partial charge in [-0.25, -0.2) is 14.1 Å². The highest BCUT2D eigenvalue weighted by molar-refractivity contribution is 6.20. The minimum Gasteiger partial charge on any atom is -0.477 e. The number of aliphatic imine (C=N–C) groups is 1. The summed E-state index contributed by atoms with van der Waals surface area (Å²) in [5.74, 6) is -1.42. The van der Waals surface area contributed by atoms with E-state index < -0.39 is 23.8 Å². The van der Waals surface area contributed by atoms with E-state index in [0.29, 0.717) is 35.9 Å². The van der Waals surface area contributed by atoms with E-state index in [2.05, 4.69) is 20.7 Å². The number of hydrogen-bond acceptors (Lipinski definition) is 5. The molecule has 1 atom stereocenters. The van der Waals surface area contributed by atoms with Crippen molar-refractivity contribution in [1.29, 1.82) is 0 Å². The van der Waals surface area contributed by atoms with E-state index >= 15 is 0 Å². The fraction of sp³-hybridized carbons (Fsp3) is 0.182. The third kappa shape index (κ3) is 3.43. The second kappa shape index (κ2) is 7.67. The van der Waals surface area contributed by atoms with Crippen LogP contribution in [0.3, 0.4) is 0 Å². The van der Waals surface area contributed by atoms with Gasteiger partial charge in [0, 0.05) is 24.1 Å². The lowest BCUT2D eigenvalue weighted by atomic mass is 10.0. The fourth-order valence-electron chi connectivity index (χ4n) is 3.65. The van der Waals surface area contributed by atoms with E-state index in [1.165, 1.54) is 12.3 Å². The number of halogens is 1. The lowest BCUT2D eigenvalue weighted by molar-refractivity contribution is -0.117. The summed E-state index contributed by atoms with van der Waals surface area (Å²) < 4.78 is 21.7. The lowest BCUT2D eigenvalue weighted by Gasteiger charge is -2.17. The number of para-hydroxylation sites is 1. The Labute approximate surface area is 176 Å². The second-order valence-electron chi connectivity index (χ2n) is 7.16. The molecular weight excluding hydrogens is 401 g/mol. The highest BCUT2D eigenvalue weighted by Gasteiger charge is 2.30. The first-order chi connectivity index (χ1) is 15.1. The molecule has 31 heavy (non-hydrogen) atoms. The van der Waals surface area contributed by atoms with E-state index in [9.17, 15) is 14.0 Å². The Morgan fingerprint density at radius 2 is 2.03 bits per heavy atom. The van der Waals surface area contributed by atoms with Gasteiger partial charge in [-0.3, -0.25) is 9.59 Å². The van der Waals surface area contributed by atoms with Gasteiger partial charge in [-0.05, 0) is 6.07 Å². The molecule has 3 heterocycles. The number of carbonyl (C=O) groups is 2. The maximum Gasteiger partial charge on any atom is 0.269 e. The third-order valence-corrected chi connectivity index (χ3v) is 5.13. The van der Waals surface area contributed by atoms with Crippen LogP contribution in [-0.4, -0.2) is 40.1 Å². The molecule has 1 aromatic heterocycles. The molecule has 0 bridgehead atoms. The van der Waals surface area contributed by atoms with Crippen LogP contribution in [-0.2, 0) is 11.3 Å². The molecular formula is C22H18FN5O3. The summed E-state index contributed by atoms with van der Waals surface area (Å²) in [6, 6.07) is 13.6. The van der Waals surface area contributed by atoms with Gasteiger partial charge in [-0.15, -0.1) is 0 Å². The van der Waals surface area contributed by atoms with E-state index in [4.69, 9.17) is 4.74 Å². The minimum atomic E-state index is -1.27. The smallest absolute Gasteiger partial charge is 0.269 e. The van der Waals surface area contributed by atoms with Crippen molar-refractivity contribution in [2.75, 3.05) is 11.9 Å². The van der Waals surface area contributed by atoms with Gasteiger partial charge < -0.3 is 15.4 Å². The number of rotatable bonds is 3. The predicted molar refractivity (Wildman–Crippen MR) is 111 cm³/mol. The highest BCUT2D eigenvalue weighted by Crippen LogP contribution is 2.27. The molecule has 0 spiro atoms. The van der Waals surface area contributed by atoms with Crippen molar-refractivity contribution in [3.8, 4) is 5.88 Å². The van der Waals surface area contributed by atoms with Gasteiger partial charge in [0.15, 0.2) is 0 Å². The number of benzene rings is 2. The predicted octanol–water partition coefficient (Wildman–Crippen LogP) is 2.35. The number of fused-ring (bicyclic) bond motifs is 2. The number of nitrogens with zero attached hydrogens (tertiary/aromatic N) is 3. The Hall–Kier alpha value is -4.01. The molecule has 2 aromatic carbocycles. The molecule has 9 heteroatoms. The van der Waals surface area contributed by atoms with Crippen LogP contribution in [0.5, 0.6) is 5.88 Å². The number of aromatic nitrogens is 2. The Morgan fingerprint density at radius 1 is 1.19 bits per heavy atom. The number of nitrogens with one attached hydrogen (secondary N) is 2. The van der Waals surface area contributed by atoms with Crippen LogP contribution in [0.4, 0.5) is 10.1 Å². The molecule has 0 fully saturated rings. The minimum absolute atomic E-state index is 0.0260. The number of aryl methyl sites for hydroxylation is 1. The Morgan fingerprint density at radius 3 is 2.87 bits per heavy atom. The molecule has 0 saturated carbocycles. The van der Waals surface area contributed by atoms with Crippen LogP contribution < -0.4 is 15.4 Å². The van der Waals surface area contributed by atoms with E-state index in [-0.39, 0.29) is 11.3 Å². The fourth-order valence-corrected chi connectivity index (χ4v) is 3.65. The molecule has 0 aliphatic carbocycles. The Kier molecular flexibility index (Phi) is 4.70. The van der Waals surface area contributed by atoms with Crippen molar-refractivity contribution in [2.45, 2.75) is 19.1 Å². The van der Waals surface area contributed by atoms with Crippen molar-refractivity contribution in [2.24, 2.45) is 4.99 Å². The van der Waals surface area contributed by atoms with E-state index in [0.717, 1.165) is 6.42 Å². The first-order valence-electron chi connectivity index (χ1n) is 9.84. The van der Waals surface area contributed by atoms with Crippen LogP contribution in [0.1, 0.15) is 27.9 Å². The first kappa shape index (κ1) is 19.0. The molecule has 2 aliphatic heterocycles. The zero-order valence-corrected chi connectivity index (χ0v) is 16.3. The Bertz CT molecular complexity index is 1210. The molecule has 0 saturated heterocycles.